The smallest absolute Gasteiger partial charge is 0.308 e. The molecule has 0 N–H and O–H groups in total. The van der Waals surface area contributed by atoms with Crippen molar-refractivity contribution in [2.24, 2.45) is 0 Å². The SMILES string of the molecule is CC(=O)OC1=CC(P)=CCC=C1. The first-order chi connectivity index (χ1) is 5.68. The van der Waals surface area contributed by atoms with Crippen LogP contribution in [-0.2, 0) is 9.53 Å². The van der Waals surface area contributed by atoms with Crippen molar-refractivity contribution in [3.05, 3.63) is 35.4 Å². The number of ether oxygens (including phenoxy) is 1. The minimum atomic E-state index is -0.286. The summed E-state index contributed by atoms with van der Waals surface area (Å²) in [6.45, 7) is 1.39. The van der Waals surface area contributed by atoms with Gasteiger partial charge < -0.3 is 4.74 Å². The van der Waals surface area contributed by atoms with E-state index in [2.05, 4.69) is 9.24 Å². The van der Waals surface area contributed by atoms with Gasteiger partial charge in [-0.2, -0.15) is 0 Å². The molecular formula is C9H11O2P. The first-order valence-corrected chi connectivity index (χ1v) is 4.28. The maximum absolute atomic E-state index is 10.6. The van der Waals surface area contributed by atoms with Crippen molar-refractivity contribution in [2.45, 2.75) is 13.3 Å². The summed E-state index contributed by atoms with van der Waals surface area (Å²) in [5, 5.41) is 1.04. The lowest BCUT2D eigenvalue weighted by Crippen LogP contribution is -1.96. The Balaban J connectivity index is 2.74. The zero-order chi connectivity index (χ0) is 8.97. The number of carbonyl (C=O) groups is 1. The van der Waals surface area contributed by atoms with Crippen molar-refractivity contribution in [2.75, 3.05) is 0 Å². The molecule has 0 aromatic rings. The Kier molecular flexibility index (Phi) is 3.24. The number of rotatable bonds is 1. The van der Waals surface area contributed by atoms with Gasteiger partial charge in [0.25, 0.3) is 0 Å². The van der Waals surface area contributed by atoms with E-state index in [1.807, 2.05) is 18.2 Å². The number of hydrogen-bond acceptors (Lipinski definition) is 2. The van der Waals surface area contributed by atoms with Gasteiger partial charge in [-0.25, -0.2) is 0 Å². The third-order valence-electron chi connectivity index (χ3n) is 1.34. The summed E-state index contributed by atoms with van der Waals surface area (Å²) in [6.07, 6.45) is 8.48. The van der Waals surface area contributed by atoms with Crippen LogP contribution in [0.15, 0.2) is 35.4 Å². The summed E-state index contributed by atoms with van der Waals surface area (Å²) >= 11 is 0. The molecule has 0 spiro atoms. The van der Waals surface area contributed by atoms with Crippen LogP contribution in [0, 0.1) is 0 Å². The molecule has 0 bridgehead atoms. The van der Waals surface area contributed by atoms with Gasteiger partial charge in [-0.05, 0) is 23.9 Å². The fourth-order valence-corrected chi connectivity index (χ4v) is 1.19. The molecule has 0 fully saturated rings. The van der Waals surface area contributed by atoms with Crippen LogP contribution in [0.2, 0.25) is 0 Å². The zero-order valence-electron chi connectivity index (χ0n) is 6.91. The minimum absolute atomic E-state index is 0.286. The summed E-state index contributed by atoms with van der Waals surface area (Å²) in [4.78, 5) is 10.6. The molecule has 0 amide bonds. The van der Waals surface area contributed by atoms with Gasteiger partial charge in [-0.15, -0.1) is 9.24 Å². The highest BCUT2D eigenvalue weighted by atomic mass is 31.0. The van der Waals surface area contributed by atoms with Gasteiger partial charge in [-0.1, -0.05) is 12.2 Å². The summed E-state index contributed by atoms with van der Waals surface area (Å²) in [5.74, 6) is 0.312. The lowest BCUT2D eigenvalue weighted by Gasteiger charge is -1.99. The Hall–Kier alpha value is -0.880. The normalized spacial score (nSPS) is 16.2. The van der Waals surface area contributed by atoms with Crippen LogP contribution >= 0.6 is 9.24 Å². The third-order valence-corrected chi connectivity index (χ3v) is 1.74. The maximum atomic E-state index is 10.6. The molecule has 0 aromatic carbocycles. The highest BCUT2D eigenvalue weighted by Crippen LogP contribution is 2.16. The number of carbonyl (C=O) groups excluding carboxylic acids is 1. The molecule has 0 aromatic heterocycles. The van der Waals surface area contributed by atoms with Crippen molar-refractivity contribution in [1.29, 1.82) is 0 Å². The Labute approximate surface area is 74.2 Å². The van der Waals surface area contributed by atoms with Crippen LogP contribution < -0.4 is 0 Å². The van der Waals surface area contributed by atoms with Gasteiger partial charge in [0, 0.05) is 6.92 Å². The number of allylic oxidation sites excluding steroid dienone is 5. The first kappa shape index (κ1) is 9.21. The van der Waals surface area contributed by atoms with Crippen LogP contribution in [0.25, 0.3) is 0 Å². The van der Waals surface area contributed by atoms with Crippen molar-refractivity contribution in [3.63, 3.8) is 0 Å². The van der Waals surface area contributed by atoms with Gasteiger partial charge >= 0.3 is 5.97 Å². The molecule has 0 radical (unpaired) electrons. The Bertz CT molecular complexity index is 274. The molecule has 12 heavy (non-hydrogen) atoms. The largest absolute Gasteiger partial charge is 0.427 e. The second-order valence-electron chi connectivity index (χ2n) is 2.48. The van der Waals surface area contributed by atoms with Gasteiger partial charge in [0.15, 0.2) is 0 Å². The van der Waals surface area contributed by atoms with Gasteiger partial charge in [0.05, 0.1) is 0 Å². The second kappa shape index (κ2) is 4.22. The van der Waals surface area contributed by atoms with Crippen molar-refractivity contribution in [3.8, 4) is 0 Å². The summed E-state index contributed by atoms with van der Waals surface area (Å²) in [7, 11) is 2.58. The van der Waals surface area contributed by atoms with Crippen molar-refractivity contribution in [1.82, 2.24) is 0 Å². The molecule has 1 aliphatic rings. The summed E-state index contributed by atoms with van der Waals surface area (Å²) in [6, 6.07) is 0. The van der Waals surface area contributed by atoms with E-state index in [9.17, 15) is 4.79 Å². The average Bonchev–Trinajstić information content (AvgIpc) is 2.12. The highest BCUT2D eigenvalue weighted by Gasteiger charge is 1.99. The fraction of sp³-hybridized carbons (Fsp3) is 0.222. The minimum Gasteiger partial charge on any atom is -0.427 e. The van der Waals surface area contributed by atoms with E-state index < -0.39 is 0 Å². The van der Waals surface area contributed by atoms with E-state index in [4.69, 9.17) is 4.74 Å². The standard InChI is InChI=1S/C9H11O2P/c1-7(10)11-8-4-2-3-5-9(12)6-8/h2,4-6H,3,12H2,1H3. The number of hydrogen-bond donors (Lipinski definition) is 0. The fourth-order valence-electron chi connectivity index (χ4n) is 0.889. The topological polar surface area (TPSA) is 26.3 Å². The molecule has 0 heterocycles. The molecule has 2 nitrogen and oxygen atoms in total. The molecule has 0 saturated carbocycles. The highest BCUT2D eigenvalue weighted by molar-refractivity contribution is 7.22. The second-order valence-corrected chi connectivity index (χ2v) is 3.15. The van der Waals surface area contributed by atoms with E-state index in [0.29, 0.717) is 5.76 Å². The molecule has 1 atom stereocenters. The van der Waals surface area contributed by atoms with Crippen LogP contribution in [0.4, 0.5) is 0 Å². The van der Waals surface area contributed by atoms with Crippen LogP contribution in [0.1, 0.15) is 13.3 Å². The van der Waals surface area contributed by atoms with Crippen molar-refractivity contribution >= 4 is 15.2 Å². The molecule has 1 aliphatic carbocycles. The lowest BCUT2D eigenvalue weighted by atomic mass is 10.4. The molecule has 0 saturated heterocycles. The predicted molar refractivity (Wildman–Crippen MR) is 51.4 cm³/mol. The molecule has 3 heteroatoms. The van der Waals surface area contributed by atoms with E-state index in [0.717, 1.165) is 11.7 Å². The molecular weight excluding hydrogens is 171 g/mol. The monoisotopic (exact) mass is 182 g/mol. The average molecular weight is 182 g/mol. The van der Waals surface area contributed by atoms with E-state index >= 15 is 0 Å². The molecule has 64 valence electrons. The lowest BCUT2D eigenvalue weighted by molar-refractivity contribution is -0.136. The Morgan fingerprint density at radius 3 is 3.08 bits per heavy atom. The zero-order valence-corrected chi connectivity index (χ0v) is 8.07. The van der Waals surface area contributed by atoms with Gasteiger partial charge in [0.1, 0.15) is 5.76 Å². The van der Waals surface area contributed by atoms with Crippen LogP contribution in [0.3, 0.4) is 0 Å². The predicted octanol–water partition coefficient (Wildman–Crippen LogP) is 2.15. The Morgan fingerprint density at radius 1 is 1.67 bits per heavy atom. The molecule has 1 unspecified atom stereocenters. The van der Waals surface area contributed by atoms with Crippen LogP contribution in [0.5, 0.6) is 0 Å². The van der Waals surface area contributed by atoms with Gasteiger partial charge in [0.2, 0.25) is 0 Å². The van der Waals surface area contributed by atoms with Gasteiger partial charge in [-0.3, -0.25) is 4.79 Å². The summed E-state index contributed by atoms with van der Waals surface area (Å²) < 4.78 is 4.92. The van der Waals surface area contributed by atoms with E-state index in [-0.39, 0.29) is 5.97 Å². The first-order valence-electron chi connectivity index (χ1n) is 3.71. The number of esters is 1. The maximum Gasteiger partial charge on any atom is 0.308 e. The molecule has 0 aliphatic heterocycles. The van der Waals surface area contributed by atoms with Crippen molar-refractivity contribution < 1.29 is 9.53 Å². The molecule has 1 rings (SSSR count). The van der Waals surface area contributed by atoms with Crippen LogP contribution in [-0.4, -0.2) is 5.97 Å². The summed E-state index contributed by atoms with van der Waals surface area (Å²) in [5.41, 5.74) is 0. The van der Waals surface area contributed by atoms with E-state index in [1.54, 1.807) is 6.08 Å². The quantitative estimate of drug-likeness (QED) is 0.458. The third kappa shape index (κ3) is 3.02. The Morgan fingerprint density at radius 2 is 2.42 bits per heavy atom. The van der Waals surface area contributed by atoms with E-state index in [1.165, 1.54) is 6.92 Å².